The second kappa shape index (κ2) is 8.62. The maximum absolute atomic E-state index is 13.3. The lowest BCUT2D eigenvalue weighted by Crippen LogP contribution is -2.64. The molecule has 1 aromatic heterocycles. The van der Waals surface area contributed by atoms with Crippen molar-refractivity contribution in [1.29, 1.82) is 0 Å². The van der Waals surface area contributed by atoms with Gasteiger partial charge in [0, 0.05) is 37.6 Å². The van der Waals surface area contributed by atoms with Gasteiger partial charge >= 0.3 is 0 Å². The molecule has 3 saturated heterocycles. The number of nitrogens with zero attached hydrogens (tertiary/aromatic N) is 3. The van der Waals surface area contributed by atoms with Gasteiger partial charge < -0.3 is 9.64 Å². The zero-order valence-corrected chi connectivity index (χ0v) is 18.7. The minimum Gasteiger partial charge on any atom is -0.497 e. The highest BCUT2D eigenvalue weighted by molar-refractivity contribution is 5.94. The number of hydrogen-bond acceptors (Lipinski definition) is 4. The maximum atomic E-state index is 13.3. The van der Waals surface area contributed by atoms with Crippen LogP contribution in [0, 0.1) is 18.8 Å². The summed E-state index contributed by atoms with van der Waals surface area (Å²) in [6.07, 6.45) is 9.67. The molecule has 1 amide bonds. The van der Waals surface area contributed by atoms with Crippen LogP contribution in [0.5, 0.6) is 5.75 Å². The maximum Gasteiger partial charge on any atom is 0.255 e. The zero-order chi connectivity index (χ0) is 21.4. The molecule has 0 N–H and O–H groups in total. The van der Waals surface area contributed by atoms with Crippen molar-refractivity contribution in [2.45, 2.75) is 51.1 Å². The Kier molecular flexibility index (Phi) is 5.70. The Bertz CT molecular complexity index is 946. The summed E-state index contributed by atoms with van der Waals surface area (Å²) in [6, 6.07) is 11.6. The third kappa shape index (κ3) is 4.08. The Labute approximate surface area is 185 Å². The van der Waals surface area contributed by atoms with Gasteiger partial charge in [0.1, 0.15) is 5.75 Å². The fourth-order valence-electron chi connectivity index (χ4n) is 6.25. The molecule has 0 aliphatic carbocycles. The van der Waals surface area contributed by atoms with E-state index in [1.54, 1.807) is 13.3 Å². The molecule has 1 aromatic carbocycles. The number of carbonyl (C=O) groups excluding carboxylic acids is 1. The molecule has 0 radical (unpaired) electrons. The summed E-state index contributed by atoms with van der Waals surface area (Å²) in [5.74, 6) is 2.17. The number of ether oxygens (including phenoxy) is 1. The zero-order valence-electron chi connectivity index (χ0n) is 18.7. The van der Waals surface area contributed by atoms with Gasteiger partial charge in [0.15, 0.2) is 0 Å². The minimum atomic E-state index is 0.148. The number of likely N-dealkylation sites (tertiary alicyclic amines) is 1. The predicted molar refractivity (Wildman–Crippen MR) is 121 cm³/mol. The van der Waals surface area contributed by atoms with Crippen molar-refractivity contribution in [1.82, 2.24) is 14.8 Å². The number of pyridine rings is 1. The Morgan fingerprint density at radius 2 is 2.03 bits per heavy atom. The van der Waals surface area contributed by atoms with Crippen LogP contribution < -0.4 is 4.74 Å². The number of methoxy groups -OCH3 is 1. The summed E-state index contributed by atoms with van der Waals surface area (Å²) >= 11 is 0. The second-order valence-corrected chi connectivity index (χ2v) is 9.64. The van der Waals surface area contributed by atoms with Crippen LogP contribution >= 0.6 is 0 Å². The van der Waals surface area contributed by atoms with Crippen LogP contribution in [0.3, 0.4) is 0 Å². The number of aryl methyl sites for hydroxylation is 1. The van der Waals surface area contributed by atoms with Crippen LogP contribution in [0.25, 0.3) is 0 Å². The highest BCUT2D eigenvalue weighted by Gasteiger charge is 2.47. The van der Waals surface area contributed by atoms with E-state index in [0.29, 0.717) is 23.9 Å². The van der Waals surface area contributed by atoms with Crippen molar-refractivity contribution >= 4 is 5.91 Å². The minimum absolute atomic E-state index is 0.148. The summed E-state index contributed by atoms with van der Waals surface area (Å²) in [5.41, 5.74) is 3.10. The van der Waals surface area contributed by atoms with E-state index in [1.807, 2.05) is 25.3 Å². The number of benzene rings is 1. The van der Waals surface area contributed by atoms with Crippen molar-refractivity contribution in [3.8, 4) is 5.75 Å². The lowest BCUT2D eigenvalue weighted by atomic mass is 9.71. The number of piperidine rings is 3. The predicted octanol–water partition coefficient (Wildman–Crippen LogP) is 3.96. The van der Waals surface area contributed by atoms with Crippen molar-refractivity contribution in [3.05, 3.63) is 59.4 Å². The lowest BCUT2D eigenvalue weighted by Gasteiger charge is -2.57. The van der Waals surface area contributed by atoms with Gasteiger partial charge in [-0.3, -0.25) is 14.7 Å². The van der Waals surface area contributed by atoms with Gasteiger partial charge in [-0.15, -0.1) is 0 Å². The molecule has 3 aliphatic rings. The Balaban J connectivity index is 1.41. The Hall–Kier alpha value is -2.40. The number of hydrogen-bond donors (Lipinski definition) is 0. The van der Waals surface area contributed by atoms with Crippen molar-refractivity contribution in [3.63, 3.8) is 0 Å². The molecule has 4 heterocycles. The molecule has 3 fully saturated rings. The lowest BCUT2D eigenvalue weighted by molar-refractivity contribution is -0.0642. The summed E-state index contributed by atoms with van der Waals surface area (Å²) in [7, 11) is 1.73. The van der Waals surface area contributed by atoms with E-state index in [1.165, 1.54) is 37.8 Å². The van der Waals surface area contributed by atoms with Gasteiger partial charge in [-0.1, -0.05) is 18.6 Å². The first-order chi connectivity index (χ1) is 15.1. The van der Waals surface area contributed by atoms with Gasteiger partial charge in [0.2, 0.25) is 0 Å². The van der Waals surface area contributed by atoms with E-state index in [4.69, 9.17) is 4.74 Å². The molecule has 2 aromatic rings. The first-order valence-corrected chi connectivity index (χ1v) is 11.7. The number of rotatable bonds is 4. The molecule has 164 valence electrons. The molecular weight excluding hydrogens is 386 g/mol. The van der Waals surface area contributed by atoms with E-state index in [2.05, 4.69) is 33.0 Å². The van der Waals surface area contributed by atoms with Crippen molar-refractivity contribution in [2.75, 3.05) is 26.7 Å². The highest BCUT2D eigenvalue weighted by Crippen LogP contribution is 2.42. The average Bonchev–Trinajstić information content (AvgIpc) is 2.81. The van der Waals surface area contributed by atoms with E-state index in [9.17, 15) is 4.79 Å². The molecule has 0 unspecified atom stereocenters. The average molecular weight is 420 g/mol. The topological polar surface area (TPSA) is 45.7 Å². The van der Waals surface area contributed by atoms with Crippen LogP contribution in [-0.4, -0.2) is 59.5 Å². The molecule has 0 spiro atoms. The standard InChI is InChI=1S/C26H33N3O2/c1-18-10-20(15-27-14-18)26(30)28-16-21-13-22(17-28)25(29-9-4-3-8-24(21)29)12-19-6-5-7-23(11-19)31-2/h5-7,10-11,14-15,21-22,24-25H,3-4,8-9,12-13,16-17H2,1-2H3/t21-,22+,24+,25+/m1/s1. The Morgan fingerprint density at radius 1 is 1.16 bits per heavy atom. The Morgan fingerprint density at radius 3 is 2.87 bits per heavy atom. The molecule has 3 aliphatic heterocycles. The van der Waals surface area contributed by atoms with Gasteiger partial charge in [-0.05, 0) is 80.3 Å². The second-order valence-electron chi connectivity index (χ2n) is 9.64. The third-order valence-electron chi connectivity index (χ3n) is 7.61. The van der Waals surface area contributed by atoms with E-state index < -0.39 is 0 Å². The fraction of sp³-hybridized carbons (Fsp3) is 0.538. The largest absolute Gasteiger partial charge is 0.497 e. The highest BCUT2D eigenvalue weighted by atomic mass is 16.5. The normalized spacial score (nSPS) is 28.1. The fourth-order valence-corrected chi connectivity index (χ4v) is 6.25. The first-order valence-electron chi connectivity index (χ1n) is 11.7. The monoisotopic (exact) mass is 419 g/mol. The smallest absolute Gasteiger partial charge is 0.255 e. The van der Waals surface area contributed by atoms with E-state index in [0.717, 1.165) is 36.4 Å². The molecular formula is C26H33N3O2. The SMILES string of the molecule is COc1cccc(C[C@H]2[C@H]3C[C@H](CN(C(=O)c4cncc(C)c4)C3)[C@@H]3CCCCN32)c1. The summed E-state index contributed by atoms with van der Waals surface area (Å²) in [5, 5.41) is 0. The van der Waals surface area contributed by atoms with E-state index >= 15 is 0 Å². The van der Waals surface area contributed by atoms with Gasteiger partial charge in [0.25, 0.3) is 5.91 Å². The summed E-state index contributed by atoms with van der Waals surface area (Å²) in [4.78, 5) is 22.5. The number of amides is 1. The first kappa shape index (κ1) is 20.5. The molecule has 4 atom stereocenters. The van der Waals surface area contributed by atoms with Crippen LogP contribution in [-0.2, 0) is 6.42 Å². The summed E-state index contributed by atoms with van der Waals surface area (Å²) < 4.78 is 5.47. The van der Waals surface area contributed by atoms with Gasteiger partial charge in [0.05, 0.1) is 12.7 Å². The molecule has 0 saturated carbocycles. The van der Waals surface area contributed by atoms with Gasteiger partial charge in [-0.25, -0.2) is 0 Å². The molecule has 5 rings (SSSR count). The third-order valence-corrected chi connectivity index (χ3v) is 7.61. The van der Waals surface area contributed by atoms with Crippen molar-refractivity contribution < 1.29 is 9.53 Å². The van der Waals surface area contributed by atoms with Crippen LogP contribution in [0.2, 0.25) is 0 Å². The molecule has 5 heteroatoms. The molecule has 5 nitrogen and oxygen atoms in total. The van der Waals surface area contributed by atoms with Crippen molar-refractivity contribution in [2.24, 2.45) is 11.8 Å². The number of carbonyl (C=O) groups is 1. The van der Waals surface area contributed by atoms with Crippen LogP contribution in [0.1, 0.15) is 47.2 Å². The molecule has 2 bridgehead atoms. The molecule has 31 heavy (non-hydrogen) atoms. The van der Waals surface area contributed by atoms with Gasteiger partial charge in [-0.2, -0.15) is 0 Å². The summed E-state index contributed by atoms with van der Waals surface area (Å²) in [6.45, 7) is 4.93. The number of fused-ring (bicyclic) bond motifs is 4. The van der Waals surface area contributed by atoms with E-state index in [-0.39, 0.29) is 5.91 Å². The van der Waals surface area contributed by atoms with Crippen LogP contribution in [0.15, 0.2) is 42.7 Å². The van der Waals surface area contributed by atoms with Crippen LogP contribution in [0.4, 0.5) is 0 Å². The number of aromatic nitrogens is 1. The quantitative estimate of drug-likeness (QED) is 0.753.